The van der Waals surface area contributed by atoms with Gasteiger partial charge in [-0.15, -0.1) is 11.3 Å². The lowest BCUT2D eigenvalue weighted by atomic mass is 9.91. The van der Waals surface area contributed by atoms with Gasteiger partial charge in [0.05, 0.1) is 5.39 Å². The van der Waals surface area contributed by atoms with E-state index < -0.39 is 5.60 Å². The average Bonchev–Trinajstić information content (AvgIpc) is 3.22. The normalized spacial score (nSPS) is 23.9. The van der Waals surface area contributed by atoms with Crippen LogP contribution >= 0.6 is 11.3 Å². The number of carbonyl (C=O) groups is 1. The number of anilines is 1. The van der Waals surface area contributed by atoms with Crippen molar-refractivity contribution >= 4 is 33.5 Å². The number of amides is 1. The molecular weight excluding hydrogens is 396 g/mol. The lowest BCUT2D eigenvalue weighted by molar-refractivity contribution is 0.0492. The van der Waals surface area contributed by atoms with Crippen molar-refractivity contribution < 1.29 is 9.53 Å². The first-order valence-corrected chi connectivity index (χ1v) is 12.2. The summed E-state index contributed by atoms with van der Waals surface area (Å²) >= 11 is 1.85. The summed E-state index contributed by atoms with van der Waals surface area (Å²) in [4.78, 5) is 23.9. The van der Waals surface area contributed by atoms with Gasteiger partial charge in [-0.3, -0.25) is 0 Å². The number of carbonyl (C=O) groups excluding carboxylic acids is 1. The first-order chi connectivity index (χ1) is 14.3. The molecule has 4 rings (SSSR count). The topological polar surface area (TPSA) is 76.1 Å². The fraction of sp³-hybridized carbons (Fsp3) is 0.696. The number of thiophene rings is 1. The Morgan fingerprint density at radius 2 is 1.90 bits per heavy atom. The molecule has 0 spiro atoms. The van der Waals surface area contributed by atoms with Crippen LogP contribution in [0.4, 0.5) is 10.6 Å². The maximum Gasteiger partial charge on any atom is 0.407 e. The molecule has 1 amide bonds. The van der Waals surface area contributed by atoms with Gasteiger partial charge in [-0.25, -0.2) is 14.8 Å². The Morgan fingerprint density at radius 1 is 1.17 bits per heavy atom. The van der Waals surface area contributed by atoms with Crippen LogP contribution in [0.1, 0.15) is 89.0 Å². The first-order valence-electron chi connectivity index (χ1n) is 11.4. The molecule has 2 aliphatic carbocycles. The van der Waals surface area contributed by atoms with Crippen LogP contribution in [0.15, 0.2) is 6.33 Å². The van der Waals surface area contributed by atoms with E-state index in [9.17, 15) is 4.79 Å². The van der Waals surface area contributed by atoms with Gasteiger partial charge in [0.25, 0.3) is 0 Å². The summed E-state index contributed by atoms with van der Waals surface area (Å²) in [6, 6.07) is 0.559. The molecule has 2 aromatic rings. The van der Waals surface area contributed by atoms with Gasteiger partial charge >= 0.3 is 6.09 Å². The van der Waals surface area contributed by atoms with Gasteiger partial charge in [0.15, 0.2) is 0 Å². The minimum Gasteiger partial charge on any atom is -0.444 e. The molecule has 0 bridgehead atoms. The molecule has 1 saturated carbocycles. The maximum atomic E-state index is 12.0. The highest BCUT2D eigenvalue weighted by Crippen LogP contribution is 2.47. The maximum absolute atomic E-state index is 12.0. The highest BCUT2D eigenvalue weighted by molar-refractivity contribution is 7.19. The Labute approximate surface area is 183 Å². The summed E-state index contributed by atoms with van der Waals surface area (Å²) in [6.07, 6.45) is 10.2. The molecule has 2 aliphatic rings. The highest BCUT2D eigenvalue weighted by atomic mass is 32.1. The second kappa shape index (κ2) is 8.69. The van der Waals surface area contributed by atoms with Crippen LogP contribution in [0, 0.1) is 0 Å². The molecule has 0 aromatic carbocycles. The first kappa shape index (κ1) is 21.3. The zero-order valence-corrected chi connectivity index (χ0v) is 19.4. The Morgan fingerprint density at radius 3 is 2.60 bits per heavy atom. The monoisotopic (exact) mass is 430 g/mol. The Hall–Kier alpha value is -1.89. The third kappa shape index (κ3) is 4.71. The van der Waals surface area contributed by atoms with Crippen LogP contribution in [0.3, 0.4) is 0 Å². The Balaban J connectivity index is 1.41. The van der Waals surface area contributed by atoms with Crippen molar-refractivity contribution in [2.75, 3.05) is 5.32 Å². The van der Waals surface area contributed by atoms with Crippen molar-refractivity contribution in [3.63, 3.8) is 0 Å². The number of rotatable bonds is 5. The summed E-state index contributed by atoms with van der Waals surface area (Å²) in [6.45, 7) is 7.94. The number of alkyl carbamates (subject to hydrolysis) is 1. The molecular formula is C23H34N4O2S. The Bertz CT molecular complexity index is 896. The largest absolute Gasteiger partial charge is 0.444 e. The number of hydrogen-bond donors (Lipinski definition) is 2. The molecule has 7 heteroatoms. The number of nitrogens with zero attached hydrogens (tertiary/aromatic N) is 2. The highest BCUT2D eigenvalue weighted by Gasteiger charge is 2.30. The van der Waals surface area contributed by atoms with Gasteiger partial charge < -0.3 is 15.4 Å². The van der Waals surface area contributed by atoms with Gasteiger partial charge in [-0.1, -0.05) is 13.3 Å². The quantitative estimate of drug-likeness (QED) is 0.630. The number of fused-ring (bicyclic) bond motifs is 3. The molecule has 2 heterocycles. The SMILES string of the molecule is CCC[C@H]1CCc2sc3ncnc(N[C@H]4CC[C@H](NC(=O)OC(C)(C)C)CC4)c3c21. The van der Waals surface area contributed by atoms with E-state index in [1.54, 1.807) is 6.33 Å². The van der Waals surface area contributed by atoms with E-state index >= 15 is 0 Å². The predicted molar refractivity (Wildman–Crippen MR) is 122 cm³/mol. The number of nitrogens with one attached hydrogen (secondary N) is 2. The van der Waals surface area contributed by atoms with E-state index in [0.29, 0.717) is 12.0 Å². The van der Waals surface area contributed by atoms with E-state index in [4.69, 9.17) is 4.74 Å². The molecule has 0 aliphatic heterocycles. The van der Waals surface area contributed by atoms with Crippen LogP contribution < -0.4 is 10.6 Å². The van der Waals surface area contributed by atoms with E-state index in [1.165, 1.54) is 41.5 Å². The minimum absolute atomic E-state index is 0.183. The summed E-state index contributed by atoms with van der Waals surface area (Å²) in [5, 5.41) is 8.02. The molecule has 164 valence electrons. The smallest absolute Gasteiger partial charge is 0.407 e. The van der Waals surface area contributed by atoms with E-state index in [-0.39, 0.29) is 12.1 Å². The molecule has 1 fully saturated rings. The van der Waals surface area contributed by atoms with E-state index in [2.05, 4.69) is 27.5 Å². The number of aryl methyl sites for hydroxylation is 1. The van der Waals surface area contributed by atoms with Gasteiger partial charge in [-0.05, 0) is 77.2 Å². The predicted octanol–water partition coefficient (Wildman–Crippen LogP) is 5.77. The minimum atomic E-state index is -0.461. The van der Waals surface area contributed by atoms with Crippen molar-refractivity contribution in [1.82, 2.24) is 15.3 Å². The van der Waals surface area contributed by atoms with Gasteiger partial charge in [0.1, 0.15) is 22.6 Å². The van der Waals surface area contributed by atoms with Crippen LogP contribution in [0.25, 0.3) is 10.2 Å². The molecule has 1 atom stereocenters. The van der Waals surface area contributed by atoms with Gasteiger partial charge in [0, 0.05) is 17.0 Å². The standard InChI is InChI=1S/C23H34N4O2S/c1-5-6-14-7-12-17-18(14)19-20(24-13-25-21(19)30-17)26-15-8-10-16(11-9-15)27-22(28)29-23(2,3)4/h13-16H,5-12H2,1-4H3,(H,27,28)(H,24,25,26)/t14-,15-,16-/m0/s1. The van der Waals surface area contributed by atoms with E-state index in [1.807, 2.05) is 32.1 Å². The number of hydrogen-bond acceptors (Lipinski definition) is 6. The van der Waals surface area contributed by atoms with Crippen molar-refractivity contribution in [3.8, 4) is 0 Å². The van der Waals surface area contributed by atoms with Crippen LogP contribution in [-0.4, -0.2) is 33.7 Å². The van der Waals surface area contributed by atoms with Gasteiger partial charge in [0.2, 0.25) is 0 Å². The second-order valence-corrected chi connectivity index (χ2v) is 10.8. The molecule has 30 heavy (non-hydrogen) atoms. The van der Waals surface area contributed by atoms with Crippen LogP contribution in [0.2, 0.25) is 0 Å². The number of aromatic nitrogens is 2. The zero-order valence-electron chi connectivity index (χ0n) is 18.6. The molecule has 2 aromatic heterocycles. The summed E-state index contributed by atoms with van der Waals surface area (Å²) in [5.74, 6) is 1.66. The van der Waals surface area contributed by atoms with Crippen LogP contribution in [0.5, 0.6) is 0 Å². The lowest BCUT2D eigenvalue weighted by Crippen LogP contribution is -2.42. The third-order valence-corrected chi connectivity index (χ3v) is 7.33. The lowest BCUT2D eigenvalue weighted by Gasteiger charge is -2.31. The molecule has 0 unspecified atom stereocenters. The van der Waals surface area contributed by atoms with Crippen molar-refractivity contribution in [2.45, 2.75) is 103 Å². The van der Waals surface area contributed by atoms with Crippen LogP contribution in [-0.2, 0) is 11.2 Å². The average molecular weight is 431 g/mol. The van der Waals surface area contributed by atoms with Crippen molar-refractivity contribution in [2.24, 2.45) is 0 Å². The number of ether oxygens (including phenoxy) is 1. The van der Waals surface area contributed by atoms with E-state index in [0.717, 1.165) is 36.3 Å². The molecule has 0 saturated heterocycles. The Kier molecular flexibility index (Phi) is 6.19. The molecule has 2 N–H and O–H groups in total. The fourth-order valence-corrected chi connectivity index (χ4v) is 6.10. The third-order valence-electron chi connectivity index (χ3n) is 6.16. The summed E-state index contributed by atoms with van der Waals surface area (Å²) in [7, 11) is 0. The van der Waals surface area contributed by atoms with Crippen molar-refractivity contribution in [1.29, 1.82) is 0 Å². The van der Waals surface area contributed by atoms with Crippen molar-refractivity contribution in [3.05, 3.63) is 16.8 Å². The zero-order chi connectivity index (χ0) is 21.3. The second-order valence-electron chi connectivity index (χ2n) is 9.70. The van der Waals surface area contributed by atoms with Gasteiger partial charge in [-0.2, -0.15) is 0 Å². The molecule has 0 radical (unpaired) electrons. The molecule has 6 nitrogen and oxygen atoms in total. The summed E-state index contributed by atoms with van der Waals surface area (Å²) < 4.78 is 5.39. The fourth-order valence-electron chi connectivity index (χ4n) is 4.86. The summed E-state index contributed by atoms with van der Waals surface area (Å²) in [5.41, 5.74) is 1.05.